The molecule has 3 nitrogen and oxygen atoms in total. The second kappa shape index (κ2) is 4.15. The Morgan fingerprint density at radius 1 is 1.46 bits per heavy atom. The molecule has 0 spiro atoms. The number of nitrogens with zero attached hydrogens (tertiary/aromatic N) is 1. The van der Waals surface area contributed by atoms with Gasteiger partial charge in [-0.2, -0.15) is 11.8 Å². The maximum absolute atomic E-state index is 5.29. The fraction of sp³-hybridized carbons (Fsp3) is 0.667. The first kappa shape index (κ1) is 9.09. The van der Waals surface area contributed by atoms with E-state index in [1.165, 1.54) is 22.8 Å². The van der Waals surface area contributed by atoms with E-state index in [2.05, 4.69) is 10.5 Å². The van der Waals surface area contributed by atoms with Crippen LogP contribution in [0.5, 0.6) is 0 Å². The molecule has 2 heterocycles. The first-order valence-electron chi connectivity index (χ1n) is 4.60. The molecular formula is C9H14N2OS. The van der Waals surface area contributed by atoms with Crippen molar-refractivity contribution in [3.8, 4) is 0 Å². The third kappa shape index (κ3) is 1.89. The number of rotatable bonds is 2. The van der Waals surface area contributed by atoms with Crippen LogP contribution in [0, 0.1) is 0 Å². The number of hydrogen-bond donors (Lipinski definition) is 1. The Kier molecular flexibility index (Phi) is 2.90. The SMILES string of the molecule is CNCc1onc2c1CCSCC2. The van der Waals surface area contributed by atoms with Gasteiger partial charge >= 0.3 is 0 Å². The van der Waals surface area contributed by atoms with E-state index in [0.29, 0.717) is 0 Å². The molecular weight excluding hydrogens is 184 g/mol. The van der Waals surface area contributed by atoms with Gasteiger partial charge in [0.15, 0.2) is 5.76 Å². The van der Waals surface area contributed by atoms with Gasteiger partial charge in [0.05, 0.1) is 12.2 Å². The van der Waals surface area contributed by atoms with Gasteiger partial charge < -0.3 is 9.84 Å². The van der Waals surface area contributed by atoms with Crippen LogP contribution in [-0.4, -0.2) is 23.7 Å². The lowest BCUT2D eigenvalue weighted by molar-refractivity contribution is 0.371. The van der Waals surface area contributed by atoms with Crippen LogP contribution in [0.3, 0.4) is 0 Å². The maximum Gasteiger partial charge on any atom is 0.153 e. The molecule has 1 N–H and O–H groups in total. The fourth-order valence-corrected chi connectivity index (χ4v) is 2.50. The zero-order chi connectivity index (χ0) is 9.10. The highest BCUT2D eigenvalue weighted by molar-refractivity contribution is 7.99. The van der Waals surface area contributed by atoms with E-state index in [1.807, 2.05) is 18.8 Å². The molecule has 1 aliphatic rings. The minimum absolute atomic E-state index is 0.799. The van der Waals surface area contributed by atoms with Crippen LogP contribution in [-0.2, 0) is 19.4 Å². The molecule has 1 aromatic rings. The molecule has 0 bridgehead atoms. The average Bonchev–Trinajstić information content (AvgIpc) is 2.38. The van der Waals surface area contributed by atoms with E-state index in [9.17, 15) is 0 Å². The smallest absolute Gasteiger partial charge is 0.153 e. The average molecular weight is 198 g/mol. The van der Waals surface area contributed by atoms with Gasteiger partial charge in [0.2, 0.25) is 0 Å². The van der Waals surface area contributed by atoms with Crippen molar-refractivity contribution in [3.63, 3.8) is 0 Å². The van der Waals surface area contributed by atoms with Gasteiger partial charge in [0, 0.05) is 12.0 Å². The van der Waals surface area contributed by atoms with Crippen LogP contribution in [0.2, 0.25) is 0 Å². The summed E-state index contributed by atoms with van der Waals surface area (Å²) < 4.78 is 5.29. The summed E-state index contributed by atoms with van der Waals surface area (Å²) in [7, 11) is 1.93. The van der Waals surface area contributed by atoms with Crippen LogP contribution >= 0.6 is 11.8 Å². The molecule has 1 aromatic heterocycles. The van der Waals surface area contributed by atoms with Gasteiger partial charge in [-0.3, -0.25) is 0 Å². The summed E-state index contributed by atoms with van der Waals surface area (Å²) >= 11 is 2.00. The predicted octanol–water partition coefficient (Wildman–Crippen LogP) is 1.23. The first-order valence-corrected chi connectivity index (χ1v) is 5.76. The molecule has 0 atom stereocenters. The molecule has 72 valence electrons. The highest BCUT2D eigenvalue weighted by Gasteiger charge is 2.17. The Bertz CT molecular complexity index is 285. The van der Waals surface area contributed by atoms with Crippen molar-refractivity contribution in [2.75, 3.05) is 18.6 Å². The van der Waals surface area contributed by atoms with Crippen LogP contribution in [0.1, 0.15) is 17.0 Å². The van der Waals surface area contributed by atoms with Crippen molar-refractivity contribution in [2.45, 2.75) is 19.4 Å². The van der Waals surface area contributed by atoms with Gasteiger partial charge in [-0.25, -0.2) is 0 Å². The molecule has 13 heavy (non-hydrogen) atoms. The Labute approximate surface area is 82.3 Å². The molecule has 0 fully saturated rings. The highest BCUT2D eigenvalue weighted by Crippen LogP contribution is 2.22. The van der Waals surface area contributed by atoms with E-state index in [4.69, 9.17) is 4.52 Å². The molecule has 0 unspecified atom stereocenters. The van der Waals surface area contributed by atoms with E-state index in [1.54, 1.807) is 0 Å². The summed E-state index contributed by atoms with van der Waals surface area (Å²) in [6, 6.07) is 0. The standard InChI is InChI=1S/C9H14N2OS/c1-10-6-9-7-2-4-13-5-3-8(7)11-12-9/h10H,2-6H2,1H3. The van der Waals surface area contributed by atoms with E-state index in [0.717, 1.165) is 25.1 Å². The third-order valence-corrected chi connectivity index (χ3v) is 3.25. The molecule has 0 radical (unpaired) electrons. The van der Waals surface area contributed by atoms with Gasteiger partial charge in [-0.05, 0) is 25.0 Å². The van der Waals surface area contributed by atoms with Crippen molar-refractivity contribution < 1.29 is 4.52 Å². The lowest BCUT2D eigenvalue weighted by Gasteiger charge is -1.98. The quantitative estimate of drug-likeness (QED) is 0.775. The maximum atomic E-state index is 5.29. The molecule has 0 aromatic carbocycles. The van der Waals surface area contributed by atoms with Crippen LogP contribution in [0.15, 0.2) is 4.52 Å². The number of thioether (sulfide) groups is 1. The second-order valence-electron chi connectivity index (χ2n) is 3.17. The van der Waals surface area contributed by atoms with Crippen LogP contribution < -0.4 is 5.32 Å². The van der Waals surface area contributed by atoms with Crippen molar-refractivity contribution in [1.29, 1.82) is 0 Å². The summed E-state index contributed by atoms with van der Waals surface area (Å²) in [5, 5.41) is 7.21. The van der Waals surface area contributed by atoms with Gasteiger partial charge in [-0.1, -0.05) is 5.16 Å². The van der Waals surface area contributed by atoms with E-state index < -0.39 is 0 Å². The largest absolute Gasteiger partial charge is 0.359 e. The zero-order valence-corrected chi connectivity index (χ0v) is 8.62. The summed E-state index contributed by atoms with van der Waals surface area (Å²) in [5.74, 6) is 3.41. The Morgan fingerprint density at radius 3 is 3.15 bits per heavy atom. The lowest BCUT2D eigenvalue weighted by atomic mass is 10.1. The zero-order valence-electron chi connectivity index (χ0n) is 7.80. The topological polar surface area (TPSA) is 38.1 Å². The number of hydrogen-bond acceptors (Lipinski definition) is 4. The second-order valence-corrected chi connectivity index (χ2v) is 4.40. The summed E-state index contributed by atoms with van der Waals surface area (Å²) in [6.07, 6.45) is 2.17. The van der Waals surface area contributed by atoms with Crippen LogP contribution in [0.25, 0.3) is 0 Å². The van der Waals surface area contributed by atoms with Crippen molar-refractivity contribution in [1.82, 2.24) is 10.5 Å². The molecule has 0 aliphatic carbocycles. The first-order chi connectivity index (χ1) is 6.42. The number of fused-ring (bicyclic) bond motifs is 1. The molecule has 1 aliphatic heterocycles. The van der Waals surface area contributed by atoms with E-state index >= 15 is 0 Å². The Morgan fingerprint density at radius 2 is 2.31 bits per heavy atom. The van der Waals surface area contributed by atoms with E-state index in [-0.39, 0.29) is 0 Å². The Balaban J connectivity index is 2.23. The van der Waals surface area contributed by atoms with Crippen molar-refractivity contribution in [2.24, 2.45) is 0 Å². The molecule has 0 saturated heterocycles. The number of aromatic nitrogens is 1. The van der Waals surface area contributed by atoms with Crippen LogP contribution in [0.4, 0.5) is 0 Å². The molecule has 2 rings (SSSR count). The summed E-state index contributed by atoms with van der Waals surface area (Å²) in [5.41, 5.74) is 2.52. The normalized spacial score (nSPS) is 16.7. The van der Waals surface area contributed by atoms with Crippen molar-refractivity contribution >= 4 is 11.8 Å². The number of nitrogens with one attached hydrogen (secondary N) is 1. The van der Waals surface area contributed by atoms with Gasteiger partial charge in [0.1, 0.15) is 0 Å². The van der Waals surface area contributed by atoms with Gasteiger partial charge in [0.25, 0.3) is 0 Å². The fourth-order valence-electron chi connectivity index (χ4n) is 1.61. The third-order valence-electron chi connectivity index (χ3n) is 2.27. The number of aryl methyl sites for hydroxylation is 1. The van der Waals surface area contributed by atoms with Crippen molar-refractivity contribution in [3.05, 3.63) is 17.0 Å². The molecule has 0 saturated carbocycles. The summed E-state index contributed by atoms with van der Waals surface area (Å²) in [6.45, 7) is 0.799. The monoisotopic (exact) mass is 198 g/mol. The molecule has 4 heteroatoms. The highest BCUT2D eigenvalue weighted by atomic mass is 32.2. The summed E-state index contributed by atoms with van der Waals surface area (Å²) in [4.78, 5) is 0. The minimum Gasteiger partial charge on any atom is -0.359 e. The molecule has 0 amide bonds. The Hall–Kier alpha value is -0.480. The lowest BCUT2D eigenvalue weighted by Crippen LogP contribution is -2.06. The minimum atomic E-state index is 0.799. The predicted molar refractivity (Wildman–Crippen MR) is 54.0 cm³/mol. The van der Waals surface area contributed by atoms with Gasteiger partial charge in [-0.15, -0.1) is 0 Å².